The largest absolute Gasteiger partial charge is 0.495 e. The Balaban J connectivity index is 1.55. The van der Waals surface area contributed by atoms with Gasteiger partial charge in [0, 0.05) is 38.8 Å². The Labute approximate surface area is 121 Å². The molecule has 2 fully saturated rings. The molecule has 0 aliphatic carbocycles. The summed E-state index contributed by atoms with van der Waals surface area (Å²) < 4.78 is 5.47. The number of benzene rings is 1. The van der Waals surface area contributed by atoms with Gasteiger partial charge in [-0.2, -0.15) is 0 Å². The van der Waals surface area contributed by atoms with Crippen LogP contribution in [-0.4, -0.2) is 57.3 Å². The van der Waals surface area contributed by atoms with Crippen LogP contribution < -0.4 is 15.0 Å². The maximum atomic E-state index is 5.47. The van der Waals surface area contributed by atoms with Crippen LogP contribution in [0.1, 0.15) is 12.8 Å². The van der Waals surface area contributed by atoms with Crippen LogP contribution in [0.25, 0.3) is 0 Å². The number of para-hydroxylation sites is 2. The van der Waals surface area contributed by atoms with Gasteiger partial charge in [0.2, 0.25) is 0 Å². The molecule has 4 nitrogen and oxygen atoms in total. The molecule has 4 heteroatoms. The highest BCUT2D eigenvalue weighted by molar-refractivity contribution is 5.58. The van der Waals surface area contributed by atoms with Gasteiger partial charge in [0.25, 0.3) is 0 Å². The molecule has 1 atom stereocenters. The summed E-state index contributed by atoms with van der Waals surface area (Å²) in [4.78, 5) is 5.03. The van der Waals surface area contributed by atoms with E-state index in [-0.39, 0.29) is 0 Å². The summed E-state index contributed by atoms with van der Waals surface area (Å²) in [6.45, 7) is 6.89. The van der Waals surface area contributed by atoms with Crippen LogP contribution in [0.2, 0.25) is 0 Å². The van der Waals surface area contributed by atoms with Crippen molar-refractivity contribution in [2.75, 3.05) is 51.3 Å². The SMILES string of the molecule is COc1ccccc1N1CCN(CC2CCCN2)CC1. The molecule has 0 amide bonds. The molecule has 0 radical (unpaired) electrons. The number of nitrogens with zero attached hydrogens (tertiary/aromatic N) is 2. The molecule has 1 aromatic rings. The van der Waals surface area contributed by atoms with Crippen LogP contribution in [-0.2, 0) is 0 Å². The normalized spacial score (nSPS) is 24.1. The zero-order chi connectivity index (χ0) is 13.8. The Bertz CT molecular complexity index is 423. The van der Waals surface area contributed by atoms with E-state index in [4.69, 9.17) is 4.74 Å². The lowest BCUT2D eigenvalue weighted by atomic mass is 10.2. The zero-order valence-electron chi connectivity index (χ0n) is 12.3. The molecule has 1 unspecified atom stereocenters. The third-order valence-electron chi connectivity index (χ3n) is 4.44. The summed E-state index contributed by atoms with van der Waals surface area (Å²) in [5, 5.41) is 3.59. The molecule has 0 aromatic heterocycles. The van der Waals surface area contributed by atoms with Gasteiger partial charge in [0.05, 0.1) is 12.8 Å². The van der Waals surface area contributed by atoms with E-state index in [1.807, 2.05) is 12.1 Å². The molecule has 0 bridgehead atoms. The number of ether oxygens (including phenoxy) is 1. The minimum Gasteiger partial charge on any atom is -0.495 e. The highest BCUT2D eigenvalue weighted by Gasteiger charge is 2.23. The summed E-state index contributed by atoms with van der Waals surface area (Å²) in [5.74, 6) is 0.985. The Hall–Kier alpha value is -1.26. The van der Waals surface area contributed by atoms with Gasteiger partial charge in [0.15, 0.2) is 0 Å². The van der Waals surface area contributed by atoms with Gasteiger partial charge < -0.3 is 15.0 Å². The van der Waals surface area contributed by atoms with Crippen molar-refractivity contribution in [1.82, 2.24) is 10.2 Å². The molecular formula is C16H25N3O. The van der Waals surface area contributed by atoms with Crippen LogP contribution >= 0.6 is 0 Å². The van der Waals surface area contributed by atoms with Crippen molar-refractivity contribution in [2.24, 2.45) is 0 Å². The van der Waals surface area contributed by atoms with Crippen LogP contribution in [0.3, 0.4) is 0 Å². The van der Waals surface area contributed by atoms with Gasteiger partial charge in [-0.25, -0.2) is 0 Å². The first-order valence-corrected chi connectivity index (χ1v) is 7.70. The fraction of sp³-hybridized carbons (Fsp3) is 0.625. The maximum Gasteiger partial charge on any atom is 0.142 e. The van der Waals surface area contributed by atoms with Crippen molar-refractivity contribution >= 4 is 5.69 Å². The van der Waals surface area contributed by atoms with E-state index in [0.29, 0.717) is 6.04 Å². The molecule has 1 N–H and O–H groups in total. The van der Waals surface area contributed by atoms with E-state index in [0.717, 1.165) is 31.9 Å². The molecule has 110 valence electrons. The van der Waals surface area contributed by atoms with Gasteiger partial charge in [-0.15, -0.1) is 0 Å². The monoisotopic (exact) mass is 275 g/mol. The Kier molecular flexibility index (Phi) is 4.43. The van der Waals surface area contributed by atoms with Crippen molar-refractivity contribution in [3.63, 3.8) is 0 Å². The van der Waals surface area contributed by atoms with Gasteiger partial charge in [-0.1, -0.05) is 12.1 Å². The predicted molar refractivity (Wildman–Crippen MR) is 82.7 cm³/mol. The highest BCUT2D eigenvalue weighted by Crippen LogP contribution is 2.28. The lowest BCUT2D eigenvalue weighted by molar-refractivity contribution is 0.235. The average Bonchev–Trinajstić information content (AvgIpc) is 3.01. The van der Waals surface area contributed by atoms with Crippen LogP contribution in [0.5, 0.6) is 5.75 Å². The second-order valence-corrected chi connectivity index (χ2v) is 5.75. The second kappa shape index (κ2) is 6.46. The first-order chi connectivity index (χ1) is 9.86. The van der Waals surface area contributed by atoms with E-state index >= 15 is 0 Å². The van der Waals surface area contributed by atoms with Crippen LogP contribution in [0.4, 0.5) is 5.69 Å². The lowest BCUT2D eigenvalue weighted by Gasteiger charge is -2.37. The molecule has 0 saturated carbocycles. The van der Waals surface area contributed by atoms with Gasteiger partial charge in [-0.3, -0.25) is 4.90 Å². The van der Waals surface area contributed by atoms with Crippen molar-refractivity contribution in [2.45, 2.75) is 18.9 Å². The average molecular weight is 275 g/mol. The molecule has 2 aliphatic heterocycles. The minimum absolute atomic E-state index is 0.716. The smallest absolute Gasteiger partial charge is 0.142 e. The molecule has 3 rings (SSSR count). The number of piperazine rings is 1. The van der Waals surface area contributed by atoms with E-state index < -0.39 is 0 Å². The van der Waals surface area contributed by atoms with E-state index in [1.54, 1.807) is 7.11 Å². The number of anilines is 1. The summed E-state index contributed by atoms with van der Waals surface area (Å²) in [6, 6.07) is 9.04. The Morgan fingerprint density at radius 3 is 2.70 bits per heavy atom. The minimum atomic E-state index is 0.716. The van der Waals surface area contributed by atoms with Crippen LogP contribution in [0.15, 0.2) is 24.3 Å². The molecule has 2 aliphatic rings. The number of hydrogen-bond donors (Lipinski definition) is 1. The van der Waals surface area contributed by atoms with Crippen molar-refractivity contribution < 1.29 is 4.74 Å². The van der Waals surface area contributed by atoms with Crippen molar-refractivity contribution in [3.05, 3.63) is 24.3 Å². The molecule has 0 spiro atoms. The molecular weight excluding hydrogens is 250 g/mol. The van der Waals surface area contributed by atoms with Crippen LogP contribution in [0, 0.1) is 0 Å². The third-order valence-corrected chi connectivity index (χ3v) is 4.44. The molecule has 1 aromatic carbocycles. The summed E-state index contributed by atoms with van der Waals surface area (Å²) in [5.41, 5.74) is 1.23. The van der Waals surface area contributed by atoms with Crippen molar-refractivity contribution in [3.8, 4) is 5.75 Å². The summed E-state index contributed by atoms with van der Waals surface area (Å²) in [7, 11) is 1.75. The molecule has 2 heterocycles. The van der Waals surface area contributed by atoms with E-state index in [2.05, 4.69) is 27.2 Å². The highest BCUT2D eigenvalue weighted by atomic mass is 16.5. The lowest BCUT2D eigenvalue weighted by Crippen LogP contribution is -2.49. The summed E-state index contributed by atoms with van der Waals surface area (Å²) in [6.07, 6.45) is 2.68. The fourth-order valence-electron chi connectivity index (χ4n) is 3.29. The standard InChI is InChI=1S/C16H25N3O/c1-20-16-7-3-2-6-15(16)19-11-9-18(10-12-19)13-14-5-4-8-17-14/h2-3,6-7,14,17H,4-5,8-13H2,1H3. The van der Waals surface area contributed by atoms with E-state index in [1.165, 1.54) is 31.6 Å². The van der Waals surface area contributed by atoms with Crippen molar-refractivity contribution in [1.29, 1.82) is 0 Å². The van der Waals surface area contributed by atoms with Gasteiger partial charge in [0.1, 0.15) is 5.75 Å². The second-order valence-electron chi connectivity index (χ2n) is 5.75. The van der Waals surface area contributed by atoms with Gasteiger partial charge >= 0.3 is 0 Å². The predicted octanol–water partition coefficient (Wildman–Crippen LogP) is 1.57. The third kappa shape index (κ3) is 3.07. The fourth-order valence-corrected chi connectivity index (χ4v) is 3.29. The van der Waals surface area contributed by atoms with Gasteiger partial charge in [-0.05, 0) is 31.5 Å². The van der Waals surface area contributed by atoms with E-state index in [9.17, 15) is 0 Å². The Morgan fingerprint density at radius 2 is 2.00 bits per heavy atom. The first kappa shape index (κ1) is 13.7. The molecule has 2 saturated heterocycles. The quantitative estimate of drug-likeness (QED) is 0.903. The number of methoxy groups -OCH3 is 1. The number of hydrogen-bond acceptors (Lipinski definition) is 4. The molecule has 20 heavy (non-hydrogen) atoms. The topological polar surface area (TPSA) is 27.7 Å². The first-order valence-electron chi connectivity index (χ1n) is 7.70. The number of nitrogens with one attached hydrogen (secondary N) is 1. The summed E-state index contributed by atoms with van der Waals surface area (Å²) >= 11 is 0. The Morgan fingerprint density at radius 1 is 1.20 bits per heavy atom. The maximum absolute atomic E-state index is 5.47. The zero-order valence-corrected chi connectivity index (χ0v) is 12.3. The number of rotatable bonds is 4.